The molecule has 0 bridgehead atoms. The molecule has 1 aliphatic heterocycles. The maximum absolute atomic E-state index is 12.8. The predicted octanol–water partition coefficient (Wildman–Crippen LogP) is 1.92. The summed E-state index contributed by atoms with van der Waals surface area (Å²) in [6.07, 6.45) is 5.07. The van der Waals surface area contributed by atoms with E-state index < -0.39 is 0 Å². The third-order valence-corrected chi connectivity index (χ3v) is 6.13. The molecule has 0 aromatic carbocycles. The van der Waals surface area contributed by atoms with Crippen LogP contribution >= 0.6 is 0 Å². The van der Waals surface area contributed by atoms with Gasteiger partial charge in [0.15, 0.2) is 0 Å². The van der Waals surface area contributed by atoms with Crippen molar-refractivity contribution < 1.29 is 4.79 Å². The van der Waals surface area contributed by atoms with Crippen molar-refractivity contribution in [1.82, 2.24) is 24.6 Å². The zero-order valence-corrected chi connectivity index (χ0v) is 16.5. The summed E-state index contributed by atoms with van der Waals surface area (Å²) in [7, 11) is 1.79. The Labute approximate surface area is 158 Å². The Morgan fingerprint density at radius 2 is 1.93 bits per heavy atom. The summed E-state index contributed by atoms with van der Waals surface area (Å²) in [4.78, 5) is 35.2. The Kier molecular flexibility index (Phi) is 4.01. The van der Waals surface area contributed by atoms with Crippen LogP contribution in [0.1, 0.15) is 67.6 Å². The van der Waals surface area contributed by atoms with E-state index in [1.54, 1.807) is 24.0 Å². The lowest BCUT2D eigenvalue weighted by atomic mass is 9.76. The molecular formula is C20H27N5O2. The Balaban J connectivity index is 1.60. The molecule has 1 amide bonds. The van der Waals surface area contributed by atoms with Gasteiger partial charge in [-0.2, -0.15) is 5.10 Å². The second kappa shape index (κ2) is 6.04. The first-order chi connectivity index (χ1) is 12.7. The molecule has 1 fully saturated rings. The Bertz CT molecular complexity index is 942. The maximum Gasteiger partial charge on any atom is 0.272 e. The van der Waals surface area contributed by atoms with Gasteiger partial charge >= 0.3 is 0 Å². The van der Waals surface area contributed by atoms with E-state index in [0.717, 1.165) is 42.8 Å². The highest BCUT2D eigenvalue weighted by atomic mass is 16.2. The van der Waals surface area contributed by atoms with Crippen molar-refractivity contribution in [3.05, 3.63) is 45.4 Å². The van der Waals surface area contributed by atoms with E-state index in [9.17, 15) is 9.59 Å². The van der Waals surface area contributed by atoms with Gasteiger partial charge in [0, 0.05) is 42.7 Å². The van der Waals surface area contributed by atoms with Gasteiger partial charge in [0.2, 0.25) is 0 Å². The molecular weight excluding hydrogens is 342 g/mol. The minimum absolute atomic E-state index is 0.00944. The van der Waals surface area contributed by atoms with Crippen LogP contribution in [0.2, 0.25) is 0 Å². The van der Waals surface area contributed by atoms with E-state index in [-0.39, 0.29) is 22.3 Å². The molecule has 3 heterocycles. The van der Waals surface area contributed by atoms with Crippen LogP contribution in [0.25, 0.3) is 0 Å². The summed E-state index contributed by atoms with van der Waals surface area (Å²) >= 11 is 0. The third-order valence-electron chi connectivity index (χ3n) is 6.13. The molecule has 1 saturated heterocycles. The zero-order valence-electron chi connectivity index (χ0n) is 16.5. The van der Waals surface area contributed by atoms with Crippen LogP contribution in [0.3, 0.4) is 0 Å². The minimum atomic E-state index is -0.200. The van der Waals surface area contributed by atoms with Gasteiger partial charge in [0.25, 0.3) is 11.5 Å². The fraction of sp³-hybridized carbons (Fsp3) is 0.600. The standard InChI is InChI=1S/C20H27N5O2/c1-19(2,3)18-22-15-13(16(26)23-18)5-7-20(15)8-11-25(12-9-20)17(27)14-6-10-21-24(14)4/h6,10H,5,7-9,11-12H2,1-4H3,(H,22,23,26). The largest absolute Gasteiger partial charge is 0.337 e. The summed E-state index contributed by atoms with van der Waals surface area (Å²) < 4.78 is 1.62. The highest BCUT2D eigenvalue weighted by Crippen LogP contribution is 2.44. The number of nitrogens with zero attached hydrogens (tertiary/aromatic N) is 4. The highest BCUT2D eigenvalue weighted by molar-refractivity contribution is 5.92. The van der Waals surface area contributed by atoms with Gasteiger partial charge in [-0.25, -0.2) is 4.98 Å². The molecule has 1 spiro atoms. The molecule has 0 radical (unpaired) electrons. The number of aryl methyl sites for hydroxylation is 1. The molecule has 0 unspecified atom stereocenters. The molecule has 7 nitrogen and oxygen atoms in total. The molecule has 4 rings (SSSR count). The van der Waals surface area contributed by atoms with Crippen molar-refractivity contribution in [1.29, 1.82) is 0 Å². The Morgan fingerprint density at radius 3 is 2.52 bits per heavy atom. The van der Waals surface area contributed by atoms with Crippen LogP contribution in [-0.4, -0.2) is 43.6 Å². The van der Waals surface area contributed by atoms with E-state index >= 15 is 0 Å². The molecule has 2 aliphatic rings. The van der Waals surface area contributed by atoms with Crippen molar-refractivity contribution in [2.75, 3.05) is 13.1 Å². The first-order valence-corrected chi connectivity index (χ1v) is 9.63. The summed E-state index contributed by atoms with van der Waals surface area (Å²) in [5, 5.41) is 4.10. The van der Waals surface area contributed by atoms with Crippen LogP contribution in [0.4, 0.5) is 0 Å². The number of aromatic amines is 1. The van der Waals surface area contributed by atoms with Crippen molar-refractivity contribution >= 4 is 5.91 Å². The number of H-pyrrole nitrogens is 1. The van der Waals surface area contributed by atoms with Crippen LogP contribution in [0.5, 0.6) is 0 Å². The average molecular weight is 369 g/mol. The number of nitrogens with one attached hydrogen (secondary N) is 1. The summed E-state index contributed by atoms with van der Waals surface area (Å²) in [5.41, 5.74) is 2.16. The van der Waals surface area contributed by atoms with E-state index in [1.165, 1.54) is 0 Å². The normalized spacial score (nSPS) is 18.7. The molecule has 1 N–H and O–H groups in total. The lowest BCUT2D eigenvalue weighted by molar-refractivity contribution is 0.0652. The van der Waals surface area contributed by atoms with Crippen LogP contribution in [0, 0.1) is 0 Å². The van der Waals surface area contributed by atoms with Gasteiger partial charge in [-0.15, -0.1) is 0 Å². The van der Waals surface area contributed by atoms with Crippen LogP contribution in [0.15, 0.2) is 17.1 Å². The van der Waals surface area contributed by atoms with Gasteiger partial charge in [0.05, 0.1) is 5.69 Å². The first-order valence-electron chi connectivity index (χ1n) is 9.63. The van der Waals surface area contributed by atoms with E-state index in [4.69, 9.17) is 4.98 Å². The maximum atomic E-state index is 12.8. The smallest absolute Gasteiger partial charge is 0.272 e. The number of likely N-dealkylation sites (tertiary alicyclic amines) is 1. The monoisotopic (exact) mass is 369 g/mol. The lowest BCUT2D eigenvalue weighted by Crippen LogP contribution is -2.45. The summed E-state index contributed by atoms with van der Waals surface area (Å²) in [6.45, 7) is 7.56. The minimum Gasteiger partial charge on any atom is -0.337 e. The van der Waals surface area contributed by atoms with Crippen molar-refractivity contribution in [3.63, 3.8) is 0 Å². The van der Waals surface area contributed by atoms with Gasteiger partial charge < -0.3 is 9.88 Å². The number of carbonyl (C=O) groups excluding carboxylic acids is 1. The lowest BCUT2D eigenvalue weighted by Gasteiger charge is -2.39. The van der Waals surface area contributed by atoms with Crippen molar-refractivity contribution in [3.8, 4) is 0 Å². The molecule has 7 heteroatoms. The number of rotatable bonds is 1. The topological polar surface area (TPSA) is 83.9 Å². The van der Waals surface area contributed by atoms with Gasteiger partial charge in [0.1, 0.15) is 11.5 Å². The van der Waals surface area contributed by atoms with E-state index in [2.05, 4.69) is 30.9 Å². The van der Waals surface area contributed by atoms with Crippen molar-refractivity contribution in [2.24, 2.45) is 7.05 Å². The molecule has 144 valence electrons. The Morgan fingerprint density at radius 1 is 1.22 bits per heavy atom. The second-order valence-electron chi connectivity index (χ2n) is 8.90. The van der Waals surface area contributed by atoms with E-state index in [1.807, 2.05) is 4.90 Å². The van der Waals surface area contributed by atoms with Gasteiger partial charge in [-0.3, -0.25) is 14.3 Å². The summed E-state index contributed by atoms with van der Waals surface area (Å²) in [5.74, 6) is 0.776. The van der Waals surface area contributed by atoms with Gasteiger partial charge in [-0.05, 0) is 31.7 Å². The number of amides is 1. The summed E-state index contributed by atoms with van der Waals surface area (Å²) in [6, 6.07) is 1.76. The van der Waals surface area contributed by atoms with E-state index in [0.29, 0.717) is 18.8 Å². The molecule has 0 saturated carbocycles. The average Bonchev–Trinajstić information content (AvgIpc) is 3.19. The molecule has 27 heavy (non-hydrogen) atoms. The SMILES string of the molecule is Cn1nccc1C(=O)N1CCC2(CCc3c2nc(C(C)(C)C)[nH]c3=O)CC1. The van der Waals surface area contributed by atoms with Crippen molar-refractivity contribution in [2.45, 2.75) is 57.3 Å². The fourth-order valence-electron chi connectivity index (χ4n) is 4.38. The highest BCUT2D eigenvalue weighted by Gasteiger charge is 2.45. The number of fused-ring (bicyclic) bond motifs is 2. The number of hydrogen-bond acceptors (Lipinski definition) is 4. The predicted molar refractivity (Wildman–Crippen MR) is 102 cm³/mol. The number of aromatic nitrogens is 4. The van der Waals surface area contributed by atoms with Crippen LogP contribution in [-0.2, 0) is 24.3 Å². The molecule has 2 aromatic heterocycles. The molecule has 2 aromatic rings. The fourth-order valence-corrected chi connectivity index (χ4v) is 4.38. The van der Waals surface area contributed by atoms with Crippen LogP contribution < -0.4 is 5.56 Å². The number of hydrogen-bond donors (Lipinski definition) is 1. The molecule has 0 atom stereocenters. The van der Waals surface area contributed by atoms with Gasteiger partial charge in [-0.1, -0.05) is 20.8 Å². The zero-order chi connectivity index (χ0) is 19.4. The second-order valence-corrected chi connectivity index (χ2v) is 8.90. The number of piperidine rings is 1. The quantitative estimate of drug-likeness (QED) is 0.832. The first kappa shape index (κ1) is 17.9. The number of carbonyl (C=O) groups is 1. The molecule has 1 aliphatic carbocycles. The Hall–Kier alpha value is -2.44. The third kappa shape index (κ3) is 2.89.